The minimum atomic E-state index is -2.28. The third kappa shape index (κ3) is 6.09. The average Bonchev–Trinajstić information content (AvgIpc) is 3.36. The van der Waals surface area contributed by atoms with Crippen LogP contribution in [0.4, 0.5) is 4.79 Å². The molecule has 5 rings (SSSR count). The summed E-state index contributed by atoms with van der Waals surface area (Å²) < 4.78 is 29.1. The predicted molar refractivity (Wildman–Crippen MR) is 182 cm³/mol. The molecule has 2 aliphatic heterocycles. The number of benzene rings is 1. The Labute approximate surface area is 281 Å². The molecule has 1 amide bonds. The monoisotopic (exact) mass is 679 g/mol. The van der Waals surface area contributed by atoms with E-state index in [1.54, 1.807) is 45.4 Å². The van der Waals surface area contributed by atoms with Gasteiger partial charge in [0.2, 0.25) is 5.60 Å². The van der Waals surface area contributed by atoms with Gasteiger partial charge in [0, 0.05) is 18.1 Å². The van der Waals surface area contributed by atoms with Crippen molar-refractivity contribution in [3.63, 3.8) is 0 Å². The zero-order chi connectivity index (χ0) is 35.4. The number of hydrogen-bond acceptors (Lipinski definition) is 10. The fraction of sp³-hybridized carbons (Fsp3) is 0.514. The van der Waals surface area contributed by atoms with Crippen molar-refractivity contribution in [2.24, 2.45) is 0 Å². The number of amides is 1. The fourth-order valence-electron chi connectivity index (χ4n) is 6.21. The summed E-state index contributed by atoms with van der Waals surface area (Å²) in [5, 5.41) is 4.44. The van der Waals surface area contributed by atoms with Crippen LogP contribution in [0.2, 0.25) is 18.1 Å². The Morgan fingerprint density at radius 2 is 1.79 bits per heavy atom. The number of pyridine rings is 2. The molecular formula is C35H45N3O9Si. The highest BCUT2D eigenvalue weighted by atomic mass is 28.3. The van der Waals surface area contributed by atoms with Crippen molar-refractivity contribution in [3.05, 3.63) is 51.3 Å². The van der Waals surface area contributed by atoms with Crippen molar-refractivity contribution < 1.29 is 38.1 Å². The van der Waals surface area contributed by atoms with E-state index >= 15 is 0 Å². The van der Waals surface area contributed by atoms with Crippen LogP contribution in [0.1, 0.15) is 71.6 Å². The molecule has 3 aromatic rings. The van der Waals surface area contributed by atoms with E-state index in [-0.39, 0.29) is 48.1 Å². The van der Waals surface area contributed by atoms with E-state index < -0.39 is 43.9 Å². The molecule has 0 aliphatic carbocycles. The first-order valence-electron chi connectivity index (χ1n) is 16.1. The molecule has 13 heteroatoms. The first-order valence-corrected chi connectivity index (χ1v) is 19.1. The summed E-state index contributed by atoms with van der Waals surface area (Å²) in [5.74, 6) is -1.02. The van der Waals surface area contributed by atoms with Crippen molar-refractivity contribution in [1.29, 1.82) is 0 Å². The Hall–Kier alpha value is -4.23. The summed E-state index contributed by atoms with van der Waals surface area (Å²) in [6.45, 7) is 17.7. The van der Waals surface area contributed by atoms with Gasteiger partial charge in [-0.2, -0.15) is 0 Å². The quantitative estimate of drug-likeness (QED) is 0.119. The number of ether oxygens (including phenoxy) is 5. The summed E-state index contributed by atoms with van der Waals surface area (Å²) in [4.78, 5) is 58.1. The van der Waals surface area contributed by atoms with Gasteiger partial charge < -0.3 is 33.6 Å². The van der Waals surface area contributed by atoms with Crippen LogP contribution in [0, 0.1) is 0 Å². The maximum Gasteiger partial charge on any atom is 0.408 e. The Kier molecular flexibility index (Phi) is 9.02. The van der Waals surface area contributed by atoms with E-state index in [0.29, 0.717) is 17.1 Å². The molecule has 48 heavy (non-hydrogen) atoms. The standard InChI is InChI=1S/C35H45N3O9Si/c1-11-35(46-27(39)16-36-32(42)47-33(2,3)4)24-15-26-28-22(17-38(26)30(40)23(24)18-44-31(35)41)29(48(9,10)34(5,6)7)21-14-20(45-19-43-8)12-13-25(21)37-28/h12-15H,11,16-19H2,1-10H3,(H,36,42)/t35-/m0/s1. The molecule has 0 spiro atoms. The molecule has 0 unspecified atom stereocenters. The number of carbonyl (C=O) groups is 3. The number of nitrogens with zero attached hydrogens (tertiary/aromatic N) is 2. The molecule has 1 atom stereocenters. The summed E-state index contributed by atoms with van der Waals surface area (Å²) in [6, 6.07) is 7.48. The summed E-state index contributed by atoms with van der Waals surface area (Å²) in [7, 11) is -0.713. The molecule has 258 valence electrons. The van der Waals surface area contributed by atoms with Gasteiger partial charge in [-0.3, -0.25) is 9.59 Å². The Morgan fingerprint density at radius 3 is 2.42 bits per heavy atom. The van der Waals surface area contributed by atoms with Crippen molar-refractivity contribution in [2.75, 3.05) is 20.4 Å². The van der Waals surface area contributed by atoms with Gasteiger partial charge in [-0.25, -0.2) is 14.6 Å². The topological polar surface area (TPSA) is 144 Å². The third-order valence-electron chi connectivity index (χ3n) is 9.53. The van der Waals surface area contributed by atoms with Gasteiger partial charge in [-0.05, 0) is 67.2 Å². The Bertz CT molecular complexity index is 1870. The molecule has 4 heterocycles. The number of carbonyl (C=O) groups excluding carboxylic acids is 3. The van der Waals surface area contributed by atoms with Gasteiger partial charge in [0.15, 0.2) is 6.79 Å². The second kappa shape index (κ2) is 12.3. The minimum absolute atomic E-state index is 0.00260. The number of methoxy groups -OCH3 is 1. The molecule has 2 aliphatic rings. The van der Waals surface area contributed by atoms with Crippen molar-refractivity contribution >= 4 is 42.2 Å². The molecule has 0 saturated carbocycles. The van der Waals surface area contributed by atoms with Crippen LogP contribution < -0.4 is 20.8 Å². The number of fused-ring (bicyclic) bond motifs is 5. The van der Waals surface area contributed by atoms with Gasteiger partial charge in [0.05, 0.1) is 37.1 Å². The van der Waals surface area contributed by atoms with Crippen LogP contribution in [-0.4, -0.2) is 61.7 Å². The van der Waals surface area contributed by atoms with E-state index in [0.717, 1.165) is 16.5 Å². The van der Waals surface area contributed by atoms with Crippen molar-refractivity contribution in [1.82, 2.24) is 14.9 Å². The fourth-order valence-corrected chi connectivity index (χ4v) is 8.79. The second-order valence-electron chi connectivity index (χ2n) is 14.8. The van der Waals surface area contributed by atoms with Crippen LogP contribution >= 0.6 is 0 Å². The molecule has 2 aromatic heterocycles. The lowest BCUT2D eigenvalue weighted by Crippen LogP contribution is -2.51. The first-order chi connectivity index (χ1) is 22.3. The van der Waals surface area contributed by atoms with Crippen LogP contribution in [-0.2, 0) is 47.3 Å². The maximum atomic E-state index is 14.2. The van der Waals surface area contributed by atoms with E-state index in [4.69, 9.17) is 28.7 Å². The number of aromatic nitrogens is 2. The summed E-state index contributed by atoms with van der Waals surface area (Å²) in [6.07, 6.45) is -0.810. The zero-order valence-corrected chi connectivity index (χ0v) is 30.4. The molecule has 0 saturated heterocycles. The molecule has 1 aromatic carbocycles. The minimum Gasteiger partial charge on any atom is -0.468 e. The highest BCUT2D eigenvalue weighted by Gasteiger charge is 2.51. The highest BCUT2D eigenvalue weighted by molar-refractivity contribution is 6.94. The van der Waals surface area contributed by atoms with Crippen LogP contribution in [0.3, 0.4) is 0 Å². The smallest absolute Gasteiger partial charge is 0.408 e. The molecule has 0 fully saturated rings. The SMILES string of the molecule is CC[C@@]1(OC(=O)CNC(=O)OC(C)(C)C)C(=O)OCc2c1cc1n(c2=O)Cc2c-1nc1ccc(OCOC)cc1c2[Si](C)(C)C(C)(C)C. The molecular weight excluding hydrogens is 634 g/mol. The summed E-state index contributed by atoms with van der Waals surface area (Å²) in [5.41, 5.74) is 0.356. The van der Waals surface area contributed by atoms with Crippen LogP contribution in [0.15, 0.2) is 29.1 Å². The third-order valence-corrected chi connectivity index (χ3v) is 15.1. The average molecular weight is 680 g/mol. The number of esters is 2. The number of cyclic esters (lactones) is 1. The van der Waals surface area contributed by atoms with E-state index in [2.05, 4.69) is 39.2 Å². The predicted octanol–water partition coefficient (Wildman–Crippen LogP) is 4.85. The van der Waals surface area contributed by atoms with Gasteiger partial charge >= 0.3 is 18.0 Å². The van der Waals surface area contributed by atoms with Gasteiger partial charge in [-0.1, -0.05) is 40.8 Å². The zero-order valence-electron chi connectivity index (χ0n) is 29.4. The van der Waals surface area contributed by atoms with E-state index in [1.807, 2.05) is 18.2 Å². The number of nitrogens with one attached hydrogen (secondary N) is 1. The molecule has 1 N–H and O–H groups in total. The first kappa shape index (κ1) is 35.1. The number of hydrogen-bond donors (Lipinski definition) is 1. The largest absolute Gasteiger partial charge is 0.468 e. The summed E-state index contributed by atoms with van der Waals surface area (Å²) >= 11 is 0. The van der Waals surface area contributed by atoms with E-state index in [9.17, 15) is 19.2 Å². The highest BCUT2D eigenvalue weighted by Crippen LogP contribution is 2.43. The number of rotatable bonds is 8. The molecule has 0 radical (unpaired) electrons. The van der Waals surface area contributed by atoms with Crippen LogP contribution in [0.25, 0.3) is 22.3 Å². The van der Waals surface area contributed by atoms with Gasteiger partial charge in [0.1, 0.15) is 24.5 Å². The number of alkyl carbamates (subject to hydrolysis) is 1. The van der Waals surface area contributed by atoms with Crippen molar-refractivity contribution in [3.8, 4) is 17.1 Å². The Morgan fingerprint density at radius 1 is 1.08 bits per heavy atom. The van der Waals surface area contributed by atoms with Gasteiger partial charge in [-0.15, -0.1) is 0 Å². The lowest BCUT2D eigenvalue weighted by molar-refractivity contribution is -0.188. The van der Waals surface area contributed by atoms with Crippen LogP contribution in [0.5, 0.6) is 5.75 Å². The lowest BCUT2D eigenvalue weighted by atomic mass is 9.85. The van der Waals surface area contributed by atoms with Crippen molar-refractivity contribution in [2.45, 2.75) is 97.4 Å². The second-order valence-corrected chi connectivity index (χ2v) is 20.1. The molecule has 0 bridgehead atoms. The Balaban J connectivity index is 1.65. The maximum absolute atomic E-state index is 14.2. The molecule has 12 nitrogen and oxygen atoms in total. The van der Waals surface area contributed by atoms with E-state index in [1.165, 1.54) is 5.19 Å². The van der Waals surface area contributed by atoms with Gasteiger partial charge in [0.25, 0.3) is 5.56 Å². The normalized spacial score (nSPS) is 17.2. The lowest BCUT2D eigenvalue weighted by Gasteiger charge is -2.39.